The fraction of sp³-hybridized carbons (Fsp3) is 0.381. The molecule has 2 aromatic rings. The van der Waals surface area contributed by atoms with E-state index >= 15 is 0 Å². The van der Waals surface area contributed by atoms with Crippen molar-refractivity contribution in [3.05, 3.63) is 64.7 Å². The first kappa shape index (κ1) is 22.8. The highest BCUT2D eigenvalue weighted by Gasteiger charge is 2.47. The third-order valence-corrected chi connectivity index (χ3v) is 4.95. The van der Waals surface area contributed by atoms with Crippen molar-refractivity contribution in [2.75, 3.05) is 4.90 Å². The fourth-order valence-corrected chi connectivity index (χ4v) is 3.42. The predicted octanol–water partition coefficient (Wildman–Crippen LogP) is 7.04. The smallest absolute Gasteiger partial charge is 0.298 e. The molecule has 1 amide bonds. The van der Waals surface area contributed by atoms with Gasteiger partial charge in [0.15, 0.2) is 0 Å². The first-order valence-corrected chi connectivity index (χ1v) is 9.13. The van der Waals surface area contributed by atoms with Gasteiger partial charge in [0, 0.05) is 11.3 Å². The van der Waals surface area contributed by atoms with Crippen LogP contribution in [0.3, 0.4) is 0 Å². The lowest BCUT2D eigenvalue weighted by atomic mass is 9.88. The van der Waals surface area contributed by atoms with Gasteiger partial charge in [-0.3, -0.25) is 9.69 Å². The van der Waals surface area contributed by atoms with Crippen LogP contribution in [-0.4, -0.2) is 5.91 Å². The number of carbonyl (C=O) groups excluding carboxylic acids is 1. The highest BCUT2D eigenvalue weighted by Crippen LogP contribution is 2.46. The average Bonchev–Trinajstić information content (AvgIpc) is 2.90. The number of rotatable bonds is 2. The van der Waals surface area contributed by atoms with E-state index in [0.717, 1.165) is 4.90 Å². The van der Waals surface area contributed by atoms with E-state index in [1.54, 1.807) is 32.0 Å². The molecule has 8 heteroatoms. The van der Waals surface area contributed by atoms with E-state index in [9.17, 15) is 31.1 Å². The molecule has 2 nitrogen and oxygen atoms in total. The van der Waals surface area contributed by atoms with Crippen molar-refractivity contribution in [2.45, 2.75) is 52.0 Å². The summed E-state index contributed by atoms with van der Waals surface area (Å²) >= 11 is 0. The van der Waals surface area contributed by atoms with Crippen LogP contribution in [0.2, 0.25) is 0 Å². The van der Waals surface area contributed by atoms with Crippen molar-refractivity contribution >= 4 is 11.6 Å². The summed E-state index contributed by atoms with van der Waals surface area (Å²) in [5, 5.41) is 0. The van der Waals surface area contributed by atoms with E-state index in [1.807, 2.05) is 13.8 Å². The van der Waals surface area contributed by atoms with Gasteiger partial charge in [0.1, 0.15) is 0 Å². The molecule has 0 bridgehead atoms. The van der Waals surface area contributed by atoms with Crippen LogP contribution in [-0.2, 0) is 17.9 Å². The molecule has 0 fully saturated rings. The Hall–Kier alpha value is -2.51. The van der Waals surface area contributed by atoms with Crippen LogP contribution in [0.1, 0.15) is 61.2 Å². The minimum absolute atomic E-state index is 0.0560. The molecule has 0 spiro atoms. The zero-order chi connectivity index (χ0) is 22.2. The van der Waals surface area contributed by atoms with Gasteiger partial charge in [-0.15, -0.1) is 0 Å². The number of amides is 1. The molecule has 2 aromatic carbocycles. The molecule has 1 unspecified atom stereocenters. The average molecular weight is 417 g/mol. The van der Waals surface area contributed by atoms with Crippen LogP contribution < -0.4 is 4.90 Å². The van der Waals surface area contributed by atoms with Crippen LogP contribution in [0.15, 0.2) is 42.5 Å². The van der Waals surface area contributed by atoms with Gasteiger partial charge >= 0.3 is 12.4 Å². The van der Waals surface area contributed by atoms with Crippen molar-refractivity contribution in [1.29, 1.82) is 0 Å². The van der Waals surface area contributed by atoms with E-state index in [-0.39, 0.29) is 11.6 Å². The Labute approximate surface area is 165 Å². The molecule has 0 aliphatic carbocycles. The quantitative estimate of drug-likeness (QED) is 0.480. The van der Waals surface area contributed by atoms with Gasteiger partial charge in [-0.25, -0.2) is 0 Å². The second kappa shape index (κ2) is 7.72. The summed E-state index contributed by atoms with van der Waals surface area (Å²) in [6.07, 6.45) is -9.64. The van der Waals surface area contributed by atoms with Crippen LogP contribution >= 0.6 is 0 Å². The maximum absolute atomic E-state index is 13.2. The zero-order valence-electron chi connectivity index (χ0n) is 16.4. The topological polar surface area (TPSA) is 20.3 Å². The SMILES string of the molecule is CC.CCC1(C)c2ccccc2C(=O)N1c1cc(C(F)(F)F)cc(C(F)(F)F)c1. The standard InChI is InChI=1S/C19H15F6NO.C2H6/c1-3-17(2)15-7-5-4-6-14(15)16(27)26(17)13-9-11(18(20,21)22)8-12(10-13)19(23,24)25;1-2/h4-10H,3H2,1-2H3;1-2H3. The molecule has 1 aliphatic rings. The molecule has 0 aromatic heterocycles. The Balaban J connectivity index is 0.00000145. The van der Waals surface area contributed by atoms with Crippen molar-refractivity contribution in [3.63, 3.8) is 0 Å². The van der Waals surface area contributed by atoms with Crippen molar-refractivity contribution in [1.82, 2.24) is 0 Å². The number of fused-ring (bicyclic) bond motifs is 1. The lowest BCUT2D eigenvalue weighted by Crippen LogP contribution is -2.41. The minimum atomic E-state index is -4.98. The number of hydrogen-bond acceptors (Lipinski definition) is 1. The van der Waals surface area contributed by atoms with Crippen LogP contribution in [0, 0.1) is 0 Å². The molecule has 29 heavy (non-hydrogen) atoms. The molecular formula is C21H21F6NO. The molecule has 0 N–H and O–H groups in total. The van der Waals surface area contributed by atoms with Gasteiger partial charge in [-0.05, 0) is 43.2 Å². The molecule has 0 radical (unpaired) electrons. The Kier molecular flexibility index (Phi) is 6.07. The van der Waals surface area contributed by atoms with Crippen molar-refractivity contribution < 1.29 is 31.1 Å². The summed E-state index contributed by atoms with van der Waals surface area (Å²) in [6, 6.07) is 7.69. The Morgan fingerprint density at radius 1 is 0.897 bits per heavy atom. The molecule has 1 aliphatic heterocycles. The van der Waals surface area contributed by atoms with Gasteiger partial charge in [-0.2, -0.15) is 26.3 Å². The zero-order valence-corrected chi connectivity index (χ0v) is 16.4. The normalized spacial score (nSPS) is 19.0. The summed E-state index contributed by atoms with van der Waals surface area (Å²) in [5.41, 5.74) is -3.54. The largest absolute Gasteiger partial charge is 0.416 e. The summed E-state index contributed by atoms with van der Waals surface area (Å²) in [6.45, 7) is 7.35. The number of alkyl halides is 6. The number of carbonyl (C=O) groups is 1. The van der Waals surface area contributed by atoms with Crippen LogP contribution in [0.5, 0.6) is 0 Å². The maximum atomic E-state index is 13.2. The number of anilines is 1. The molecule has 3 rings (SSSR count). The lowest BCUT2D eigenvalue weighted by Gasteiger charge is -2.36. The highest BCUT2D eigenvalue weighted by atomic mass is 19.4. The fourth-order valence-electron chi connectivity index (χ4n) is 3.42. The summed E-state index contributed by atoms with van der Waals surface area (Å²) in [4.78, 5) is 13.9. The molecular weight excluding hydrogens is 396 g/mol. The molecule has 0 saturated heterocycles. The Bertz CT molecular complexity index is 871. The van der Waals surface area contributed by atoms with E-state index < -0.39 is 40.6 Å². The van der Waals surface area contributed by atoms with Gasteiger partial charge in [0.2, 0.25) is 0 Å². The summed E-state index contributed by atoms with van der Waals surface area (Å²) in [5.74, 6) is -0.623. The highest BCUT2D eigenvalue weighted by molar-refractivity contribution is 6.12. The van der Waals surface area contributed by atoms with Crippen molar-refractivity contribution in [2.24, 2.45) is 0 Å². The van der Waals surface area contributed by atoms with E-state index in [2.05, 4.69) is 0 Å². The second-order valence-electron chi connectivity index (χ2n) is 6.58. The summed E-state index contributed by atoms with van der Waals surface area (Å²) < 4.78 is 79.1. The monoisotopic (exact) mass is 417 g/mol. The van der Waals surface area contributed by atoms with Gasteiger partial charge in [0.05, 0.1) is 16.7 Å². The molecule has 1 heterocycles. The Morgan fingerprint density at radius 2 is 1.38 bits per heavy atom. The number of nitrogens with zero attached hydrogens (tertiary/aromatic N) is 1. The molecule has 1 atom stereocenters. The minimum Gasteiger partial charge on any atom is -0.298 e. The Morgan fingerprint density at radius 3 is 1.83 bits per heavy atom. The number of halogens is 6. The van der Waals surface area contributed by atoms with Crippen molar-refractivity contribution in [3.8, 4) is 0 Å². The maximum Gasteiger partial charge on any atom is 0.416 e. The first-order valence-electron chi connectivity index (χ1n) is 9.13. The number of hydrogen-bond donors (Lipinski definition) is 0. The van der Waals surface area contributed by atoms with Crippen LogP contribution in [0.25, 0.3) is 0 Å². The predicted molar refractivity (Wildman–Crippen MR) is 98.7 cm³/mol. The van der Waals surface area contributed by atoms with E-state index in [0.29, 0.717) is 24.1 Å². The first-order chi connectivity index (χ1) is 13.4. The molecule has 158 valence electrons. The lowest BCUT2D eigenvalue weighted by molar-refractivity contribution is -0.143. The van der Waals surface area contributed by atoms with E-state index in [1.165, 1.54) is 6.07 Å². The van der Waals surface area contributed by atoms with Gasteiger partial charge in [0.25, 0.3) is 5.91 Å². The van der Waals surface area contributed by atoms with Crippen LogP contribution in [0.4, 0.5) is 32.0 Å². The third kappa shape index (κ3) is 3.97. The second-order valence-corrected chi connectivity index (χ2v) is 6.58. The van der Waals surface area contributed by atoms with Gasteiger partial charge < -0.3 is 0 Å². The third-order valence-electron chi connectivity index (χ3n) is 4.95. The summed E-state index contributed by atoms with van der Waals surface area (Å²) in [7, 11) is 0. The number of benzene rings is 2. The van der Waals surface area contributed by atoms with Gasteiger partial charge in [-0.1, -0.05) is 39.0 Å². The molecule has 0 saturated carbocycles. The van der Waals surface area contributed by atoms with E-state index in [4.69, 9.17) is 0 Å².